The smallest absolute Gasteiger partial charge is 0.239 e. The van der Waals surface area contributed by atoms with Gasteiger partial charge in [-0.3, -0.25) is 9.69 Å². The third kappa shape index (κ3) is 3.94. The molecule has 0 bridgehead atoms. The predicted molar refractivity (Wildman–Crippen MR) is 69.8 cm³/mol. The normalized spacial score (nSPS) is 26.5. The summed E-state index contributed by atoms with van der Waals surface area (Å²) in [6.45, 7) is 7.50. The molecule has 3 N–H and O–H groups in total. The molecule has 5 heteroatoms. The van der Waals surface area contributed by atoms with Gasteiger partial charge in [-0.1, -0.05) is 6.92 Å². The number of carbonyl (C=O) groups excluding carboxylic acids is 1. The van der Waals surface area contributed by atoms with E-state index in [2.05, 4.69) is 29.2 Å². The zero-order chi connectivity index (χ0) is 13.1. The van der Waals surface area contributed by atoms with E-state index in [1.165, 1.54) is 0 Å². The summed E-state index contributed by atoms with van der Waals surface area (Å²) in [5.74, 6) is -0.0540. The first-order chi connectivity index (χ1) is 7.86. The Hall–Kier alpha value is -0.650. The molecule has 1 aliphatic rings. The van der Waals surface area contributed by atoms with E-state index in [0.29, 0.717) is 19.0 Å². The molecule has 0 aromatic heterocycles. The molecule has 0 aromatic rings. The van der Waals surface area contributed by atoms with Crippen molar-refractivity contribution in [2.75, 3.05) is 40.3 Å². The minimum absolute atomic E-state index is 0.0540. The van der Waals surface area contributed by atoms with E-state index in [4.69, 9.17) is 5.73 Å². The fourth-order valence-corrected chi connectivity index (χ4v) is 1.89. The van der Waals surface area contributed by atoms with E-state index in [9.17, 15) is 4.79 Å². The molecular formula is C12H26N4O. The van der Waals surface area contributed by atoms with E-state index in [-0.39, 0.29) is 5.91 Å². The fraction of sp³-hybridized carbons (Fsp3) is 0.917. The van der Waals surface area contributed by atoms with Gasteiger partial charge in [0.05, 0.1) is 5.54 Å². The maximum Gasteiger partial charge on any atom is 0.239 e. The van der Waals surface area contributed by atoms with Crippen LogP contribution < -0.4 is 11.1 Å². The second kappa shape index (κ2) is 5.80. The highest BCUT2D eigenvalue weighted by Crippen LogP contribution is 2.07. The van der Waals surface area contributed by atoms with Crippen molar-refractivity contribution in [3.63, 3.8) is 0 Å². The molecule has 1 rings (SSSR count). The van der Waals surface area contributed by atoms with Gasteiger partial charge in [0.25, 0.3) is 0 Å². The van der Waals surface area contributed by atoms with E-state index in [1.807, 2.05) is 6.92 Å². The molecule has 0 radical (unpaired) electrons. The molecule has 1 aliphatic heterocycles. The minimum atomic E-state index is -0.751. The zero-order valence-electron chi connectivity index (χ0n) is 11.5. The van der Waals surface area contributed by atoms with Gasteiger partial charge in [-0.25, -0.2) is 0 Å². The van der Waals surface area contributed by atoms with Crippen LogP contribution in [0.1, 0.15) is 20.3 Å². The van der Waals surface area contributed by atoms with Crippen LogP contribution in [0.2, 0.25) is 0 Å². The van der Waals surface area contributed by atoms with Gasteiger partial charge in [0.2, 0.25) is 5.91 Å². The van der Waals surface area contributed by atoms with Crippen LogP contribution in [0, 0.1) is 0 Å². The summed E-state index contributed by atoms with van der Waals surface area (Å²) in [6.07, 6.45) is 0.652. The lowest BCUT2D eigenvalue weighted by Gasteiger charge is -2.38. The standard InChI is InChI=1S/C12H26N4O/c1-5-12(2,13)11(17)14-8-10-9-15(3)6-7-16(10)4/h10H,5-9,13H2,1-4H3,(H,14,17). The molecule has 2 atom stereocenters. The monoisotopic (exact) mass is 242 g/mol. The molecule has 0 aromatic carbocycles. The lowest BCUT2D eigenvalue weighted by atomic mass is 9.99. The number of nitrogens with two attached hydrogens (primary N) is 1. The van der Waals surface area contributed by atoms with Gasteiger partial charge < -0.3 is 16.0 Å². The molecule has 100 valence electrons. The van der Waals surface area contributed by atoms with Gasteiger partial charge in [0, 0.05) is 32.2 Å². The van der Waals surface area contributed by atoms with Crippen LogP contribution in [-0.2, 0) is 4.79 Å². The van der Waals surface area contributed by atoms with Gasteiger partial charge in [0.1, 0.15) is 0 Å². The fourth-order valence-electron chi connectivity index (χ4n) is 1.89. The summed E-state index contributed by atoms with van der Waals surface area (Å²) in [5.41, 5.74) is 5.15. The Morgan fingerprint density at radius 2 is 2.12 bits per heavy atom. The highest BCUT2D eigenvalue weighted by Gasteiger charge is 2.28. The summed E-state index contributed by atoms with van der Waals surface area (Å²) in [7, 11) is 4.21. The van der Waals surface area contributed by atoms with Gasteiger partial charge in [-0.15, -0.1) is 0 Å². The number of nitrogens with one attached hydrogen (secondary N) is 1. The predicted octanol–water partition coefficient (Wildman–Crippen LogP) is -0.524. The molecule has 17 heavy (non-hydrogen) atoms. The molecule has 1 saturated heterocycles. The minimum Gasteiger partial charge on any atom is -0.353 e. The number of likely N-dealkylation sites (N-methyl/N-ethyl adjacent to an activating group) is 2. The summed E-state index contributed by atoms with van der Waals surface area (Å²) in [6, 6.07) is 0.380. The number of hydrogen-bond acceptors (Lipinski definition) is 4. The van der Waals surface area contributed by atoms with E-state index in [0.717, 1.165) is 19.6 Å². The summed E-state index contributed by atoms with van der Waals surface area (Å²) in [4.78, 5) is 16.4. The Kier molecular flexibility index (Phi) is 4.91. The summed E-state index contributed by atoms with van der Waals surface area (Å²) >= 11 is 0. The Balaban J connectivity index is 2.42. The van der Waals surface area contributed by atoms with Gasteiger partial charge in [-0.2, -0.15) is 0 Å². The van der Waals surface area contributed by atoms with Crippen molar-refractivity contribution in [3.05, 3.63) is 0 Å². The third-order valence-corrected chi connectivity index (χ3v) is 3.73. The molecule has 1 heterocycles. The highest BCUT2D eigenvalue weighted by molar-refractivity contribution is 5.85. The first-order valence-electron chi connectivity index (χ1n) is 6.32. The first kappa shape index (κ1) is 14.4. The molecule has 1 amide bonds. The number of rotatable bonds is 4. The van der Waals surface area contributed by atoms with Crippen molar-refractivity contribution in [1.29, 1.82) is 0 Å². The summed E-state index contributed by atoms with van der Waals surface area (Å²) in [5, 5.41) is 2.96. The van der Waals surface area contributed by atoms with Crippen LogP contribution in [0.5, 0.6) is 0 Å². The van der Waals surface area contributed by atoms with Crippen LogP contribution in [0.25, 0.3) is 0 Å². The SMILES string of the molecule is CCC(C)(N)C(=O)NCC1CN(C)CCN1C. The van der Waals surface area contributed by atoms with Crippen molar-refractivity contribution in [3.8, 4) is 0 Å². The van der Waals surface area contributed by atoms with Crippen LogP contribution in [0.3, 0.4) is 0 Å². The van der Waals surface area contributed by atoms with Crippen molar-refractivity contribution < 1.29 is 4.79 Å². The maximum atomic E-state index is 11.9. The number of piperazine rings is 1. The quantitative estimate of drug-likeness (QED) is 0.696. The average Bonchev–Trinajstić information content (AvgIpc) is 2.29. The second-order valence-corrected chi connectivity index (χ2v) is 5.38. The summed E-state index contributed by atoms with van der Waals surface area (Å²) < 4.78 is 0. The Morgan fingerprint density at radius 3 is 2.71 bits per heavy atom. The zero-order valence-corrected chi connectivity index (χ0v) is 11.5. The Labute approximate surface area is 104 Å². The van der Waals surface area contributed by atoms with Gasteiger partial charge >= 0.3 is 0 Å². The number of hydrogen-bond donors (Lipinski definition) is 2. The number of nitrogens with zero attached hydrogens (tertiary/aromatic N) is 2. The third-order valence-electron chi connectivity index (χ3n) is 3.73. The second-order valence-electron chi connectivity index (χ2n) is 5.38. The van der Waals surface area contributed by atoms with E-state index in [1.54, 1.807) is 6.92 Å². The first-order valence-corrected chi connectivity index (χ1v) is 6.32. The topological polar surface area (TPSA) is 61.6 Å². The molecule has 1 fully saturated rings. The molecule has 5 nitrogen and oxygen atoms in total. The molecule has 2 unspecified atom stereocenters. The highest BCUT2D eigenvalue weighted by atomic mass is 16.2. The molecular weight excluding hydrogens is 216 g/mol. The largest absolute Gasteiger partial charge is 0.353 e. The Morgan fingerprint density at radius 1 is 1.47 bits per heavy atom. The van der Waals surface area contributed by atoms with E-state index >= 15 is 0 Å². The lowest BCUT2D eigenvalue weighted by molar-refractivity contribution is -0.126. The van der Waals surface area contributed by atoms with Crippen LogP contribution in [-0.4, -0.2) is 67.6 Å². The Bertz CT molecular complexity index is 267. The van der Waals surface area contributed by atoms with Crippen LogP contribution >= 0.6 is 0 Å². The van der Waals surface area contributed by atoms with Crippen LogP contribution in [0.4, 0.5) is 0 Å². The van der Waals surface area contributed by atoms with E-state index < -0.39 is 5.54 Å². The van der Waals surface area contributed by atoms with Crippen molar-refractivity contribution in [2.24, 2.45) is 5.73 Å². The van der Waals surface area contributed by atoms with Crippen molar-refractivity contribution in [1.82, 2.24) is 15.1 Å². The van der Waals surface area contributed by atoms with Crippen molar-refractivity contribution >= 4 is 5.91 Å². The molecule has 0 aliphatic carbocycles. The average molecular weight is 242 g/mol. The maximum absolute atomic E-state index is 11.9. The molecule has 0 spiro atoms. The number of carbonyl (C=O) groups is 1. The van der Waals surface area contributed by atoms with Crippen LogP contribution in [0.15, 0.2) is 0 Å². The van der Waals surface area contributed by atoms with Gasteiger partial charge in [0.15, 0.2) is 0 Å². The number of amides is 1. The van der Waals surface area contributed by atoms with Gasteiger partial charge in [-0.05, 0) is 27.4 Å². The lowest BCUT2D eigenvalue weighted by Crippen LogP contribution is -2.58. The molecule has 0 saturated carbocycles. The van der Waals surface area contributed by atoms with Crippen molar-refractivity contribution in [2.45, 2.75) is 31.8 Å².